The Morgan fingerprint density at radius 2 is 1.52 bits per heavy atom. The molecule has 0 saturated heterocycles. The lowest BCUT2D eigenvalue weighted by molar-refractivity contribution is 0.103. The number of hydrogen-bond acceptors (Lipinski definition) is 3. The summed E-state index contributed by atoms with van der Waals surface area (Å²) in [6.45, 7) is 0. The molecule has 0 atom stereocenters. The molecular formula is C18H14N2O. The Kier molecular flexibility index (Phi) is 3.83. The highest BCUT2D eigenvalue weighted by molar-refractivity contribution is 6.07. The van der Waals surface area contributed by atoms with Gasteiger partial charge in [-0.1, -0.05) is 60.7 Å². The Hall–Kier alpha value is -2.81. The van der Waals surface area contributed by atoms with E-state index in [1.165, 1.54) is 0 Å². The molecular weight excluding hydrogens is 260 g/mol. The zero-order chi connectivity index (χ0) is 14.5. The Balaban J connectivity index is 1.85. The molecule has 3 nitrogen and oxygen atoms in total. The van der Waals surface area contributed by atoms with Crippen molar-refractivity contribution in [2.45, 2.75) is 6.42 Å². The predicted octanol–water partition coefficient (Wildman–Crippen LogP) is 3.30. The molecule has 0 fully saturated rings. The normalized spacial score (nSPS) is 10.3. The first kappa shape index (κ1) is 13.2. The molecule has 0 spiro atoms. The van der Waals surface area contributed by atoms with Gasteiger partial charge < -0.3 is 0 Å². The van der Waals surface area contributed by atoms with Crippen molar-refractivity contribution in [3.8, 4) is 0 Å². The number of carbonyl (C=O) groups excluding carboxylic acids is 1. The first-order valence-corrected chi connectivity index (χ1v) is 6.78. The van der Waals surface area contributed by atoms with Gasteiger partial charge in [-0.15, -0.1) is 0 Å². The van der Waals surface area contributed by atoms with Crippen molar-refractivity contribution in [1.29, 1.82) is 0 Å². The monoisotopic (exact) mass is 274 g/mol. The molecule has 2 aromatic carbocycles. The van der Waals surface area contributed by atoms with Gasteiger partial charge in [0.1, 0.15) is 11.5 Å². The number of benzene rings is 2. The summed E-state index contributed by atoms with van der Waals surface area (Å²) in [4.78, 5) is 21.0. The first-order valence-electron chi connectivity index (χ1n) is 6.78. The summed E-state index contributed by atoms with van der Waals surface area (Å²) in [7, 11) is 0. The van der Waals surface area contributed by atoms with Crippen LogP contribution in [0.15, 0.2) is 72.9 Å². The van der Waals surface area contributed by atoms with Gasteiger partial charge in [0.15, 0.2) is 0 Å². The highest BCUT2D eigenvalue weighted by atomic mass is 16.1. The van der Waals surface area contributed by atoms with Crippen LogP contribution in [0.5, 0.6) is 0 Å². The lowest BCUT2D eigenvalue weighted by Gasteiger charge is -2.03. The molecule has 1 heterocycles. The fraction of sp³-hybridized carbons (Fsp3) is 0.0556. The van der Waals surface area contributed by atoms with Gasteiger partial charge in [0.2, 0.25) is 5.78 Å². The van der Waals surface area contributed by atoms with Gasteiger partial charge in [-0.3, -0.25) is 4.79 Å². The summed E-state index contributed by atoms with van der Waals surface area (Å²) in [5.41, 5.74) is 2.20. The minimum absolute atomic E-state index is 0.0766. The molecule has 21 heavy (non-hydrogen) atoms. The smallest absolute Gasteiger partial charge is 0.211 e. The van der Waals surface area contributed by atoms with E-state index < -0.39 is 0 Å². The van der Waals surface area contributed by atoms with E-state index in [-0.39, 0.29) is 5.78 Å². The number of nitrogens with zero attached hydrogens (tertiary/aromatic N) is 2. The van der Waals surface area contributed by atoms with Gasteiger partial charge in [-0.05, 0) is 11.6 Å². The van der Waals surface area contributed by atoms with Crippen molar-refractivity contribution >= 4 is 5.78 Å². The second-order valence-electron chi connectivity index (χ2n) is 4.72. The van der Waals surface area contributed by atoms with Crippen LogP contribution in [0.1, 0.15) is 27.4 Å². The van der Waals surface area contributed by atoms with E-state index in [1.807, 2.05) is 48.5 Å². The van der Waals surface area contributed by atoms with Crippen molar-refractivity contribution < 1.29 is 4.79 Å². The number of hydrogen-bond donors (Lipinski definition) is 0. The molecule has 0 unspecified atom stereocenters. The third-order valence-electron chi connectivity index (χ3n) is 3.18. The highest BCUT2D eigenvalue weighted by Crippen LogP contribution is 2.09. The SMILES string of the molecule is O=C(c1ccccc1)c1ccnc(Cc2ccccc2)n1. The van der Waals surface area contributed by atoms with Crippen molar-refractivity contribution in [1.82, 2.24) is 9.97 Å². The molecule has 3 rings (SSSR count). The molecule has 0 aliphatic heterocycles. The Labute approximate surface area is 123 Å². The summed E-state index contributed by atoms with van der Waals surface area (Å²) >= 11 is 0. The molecule has 3 heteroatoms. The van der Waals surface area contributed by atoms with Crippen LogP contribution in [0.25, 0.3) is 0 Å². The molecule has 102 valence electrons. The summed E-state index contributed by atoms with van der Waals surface area (Å²) in [6, 6.07) is 20.8. The van der Waals surface area contributed by atoms with E-state index >= 15 is 0 Å². The molecule has 3 aromatic rings. The number of rotatable bonds is 4. The molecule has 0 aliphatic rings. The lowest BCUT2D eigenvalue weighted by Crippen LogP contribution is -2.07. The molecule has 0 aliphatic carbocycles. The second kappa shape index (κ2) is 6.09. The van der Waals surface area contributed by atoms with Crippen LogP contribution in [-0.4, -0.2) is 15.8 Å². The van der Waals surface area contributed by atoms with Gasteiger partial charge in [0, 0.05) is 18.2 Å². The molecule has 0 N–H and O–H groups in total. The Morgan fingerprint density at radius 1 is 0.857 bits per heavy atom. The number of carbonyl (C=O) groups is 1. The third kappa shape index (κ3) is 3.20. The zero-order valence-corrected chi connectivity index (χ0v) is 11.4. The molecule has 1 aromatic heterocycles. The predicted molar refractivity (Wildman–Crippen MR) is 81.2 cm³/mol. The average Bonchev–Trinajstić information content (AvgIpc) is 2.56. The largest absolute Gasteiger partial charge is 0.287 e. The second-order valence-corrected chi connectivity index (χ2v) is 4.72. The van der Waals surface area contributed by atoms with Gasteiger partial charge in [0.05, 0.1) is 0 Å². The maximum Gasteiger partial charge on any atom is 0.211 e. The average molecular weight is 274 g/mol. The summed E-state index contributed by atoms with van der Waals surface area (Å²) in [6.07, 6.45) is 2.26. The summed E-state index contributed by atoms with van der Waals surface area (Å²) in [5, 5.41) is 0. The minimum atomic E-state index is -0.0766. The Bertz CT molecular complexity index is 739. The third-order valence-corrected chi connectivity index (χ3v) is 3.18. The Morgan fingerprint density at radius 3 is 2.24 bits per heavy atom. The standard InChI is InChI=1S/C18H14N2O/c21-18(15-9-5-2-6-10-15)16-11-12-19-17(20-16)13-14-7-3-1-4-8-14/h1-12H,13H2. The number of aromatic nitrogens is 2. The maximum absolute atomic E-state index is 12.4. The van der Waals surface area contributed by atoms with E-state index in [1.54, 1.807) is 24.4 Å². The van der Waals surface area contributed by atoms with Gasteiger partial charge in [-0.25, -0.2) is 9.97 Å². The van der Waals surface area contributed by atoms with Crippen LogP contribution in [0.2, 0.25) is 0 Å². The maximum atomic E-state index is 12.4. The lowest BCUT2D eigenvalue weighted by atomic mass is 10.1. The van der Waals surface area contributed by atoms with Crippen molar-refractivity contribution in [2.75, 3.05) is 0 Å². The van der Waals surface area contributed by atoms with E-state index in [0.717, 1.165) is 5.56 Å². The van der Waals surface area contributed by atoms with Crippen LogP contribution in [0.4, 0.5) is 0 Å². The van der Waals surface area contributed by atoms with Crippen LogP contribution < -0.4 is 0 Å². The van der Waals surface area contributed by atoms with E-state index in [0.29, 0.717) is 23.5 Å². The van der Waals surface area contributed by atoms with E-state index in [4.69, 9.17) is 0 Å². The van der Waals surface area contributed by atoms with Crippen LogP contribution in [0, 0.1) is 0 Å². The van der Waals surface area contributed by atoms with Gasteiger partial charge in [-0.2, -0.15) is 0 Å². The van der Waals surface area contributed by atoms with Gasteiger partial charge >= 0.3 is 0 Å². The van der Waals surface area contributed by atoms with Crippen LogP contribution in [0.3, 0.4) is 0 Å². The molecule has 0 radical (unpaired) electrons. The van der Waals surface area contributed by atoms with E-state index in [2.05, 4.69) is 9.97 Å². The molecule has 0 saturated carbocycles. The van der Waals surface area contributed by atoms with Crippen molar-refractivity contribution in [3.05, 3.63) is 95.6 Å². The summed E-state index contributed by atoms with van der Waals surface area (Å²) in [5.74, 6) is 0.579. The summed E-state index contributed by atoms with van der Waals surface area (Å²) < 4.78 is 0. The fourth-order valence-corrected chi connectivity index (χ4v) is 2.13. The fourth-order valence-electron chi connectivity index (χ4n) is 2.13. The zero-order valence-electron chi connectivity index (χ0n) is 11.4. The van der Waals surface area contributed by atoms with Gasteiger partial charge in [0.25, 0.3) is 0 Å². The quantitative estimate of drug-likeness (QED) is 0.686. The molecule has 0 amide bonds. The first-order chi connectivity index (χ1) is 10.3. The van der Waals surface area contributed by atoms with E-state index in [9.17, 15) is 4.79 Å². The topological polar surface area (TPSA) is 42.9 Å². The molecule has 0 bridgehead atoms. The minimum Gasteiger partial charge on any atom is -0.287 e. The van der Waals surface area contributed by atoms with Crippen LogP contribution >= 0.6 is 0 Å². The van der Waals surface area contributed by atoms with Crippen LogP contribution in [-0.2, 0) is 6.42 Å². The van der Waals surface area contributed by atoms with Crippen molar-refractivity contribution in [3.63, 3.8) is 0 Å². The van der Waals surface area contributed by atoms with Crippen molar-refractivity contribution in [2.24, 2.45) is 0 Å². The highest BCUT2D eigenvalue weighted by Gasteiger charge is 2.11. The number of ketones is 1.